The molecule has 27 heavy (non-hydrogen) atoms. The summed E-state index contributed by atoms with van der Waals surface area (Å²) in [4.78, 5) is 11.5. The number of nitrogens with zero attached hydrogens (tertiary/aromatic N) is 4. The Bertz CT molecular complexity index is 792. The van der Waals surface area contributed by atoms with Crippen molar-refractivity contribution in [2.75, 3.05) is 20.2 Å². The van der Waals surface area contributed by atoms with E-state index in [-0.39, 0.29) is 5.41 Å². The highest BCUT2D eigenvalue weighted by Gasteiger charge is 2.29. The molecule has 3 heterocycles. The minimum Gasteiger partial charge on any atom is -0.492 e. The van der Waals surface area contributed by atoms with Gasteiger partial charge in [-0.3, -0.25) is 4.98 Å². The topological polar surface area (TPSA) is 64.3 Å². The number of likely N-dealkylation sites (N-methyl/N-ethyl adjacent to an activating group) is 1. The minimum atomic E-state index is -0.152. The average Bonchev–Trinajstić information content (AvgIpc) is 3.35. The third kappa shape index (κ3) is 4.15. The van der Waals surface area contributed by atoms with Gasteiger partial charge in [-0.15, -0.1) is 0 Å². The van der Waals surface area contributed by atoms with E-state index < -0.39 is 0 Å². The van der Waals surface area contributed by atoms with Gasteiger partial charge in [0.25, 0.3) is 5.89 Å². The summed E-state index contributed by atoms with van der Waals surface area (Å²) >= 11 is 0. The van der Waals surface area contributed by atoms with Gasteiger partial charge in [0.15, 0.2) is 5.82 Å². The Kier molecular flexibility index (Phi) is 4.93. The molecule has 0 spiro atoms. The number of likely N-dealkylation sites (tertiary alicyclic amines) is 1. The lowest BCUT2D eigenvalue weighted by Gasteiger charge is -2.32. The van der Waals surface area contributed by atoms with Gasteiger partial charge in [-0.05, 0) is 45.2 Å². The molecule has 2 aliphatic rings. The summed E-state index contributed by atoms with van der Waals surface area (Å²) in [5, 5.41) is 4.12. The van der Waals surface area contributed by atoms with Crippen LogP contribution >= 0.6 is 0 Å². The molecule has 146 valence electrons. The van der Waals surface area contributed by atoms with E-state index in [4.69, 9.17) is 9.26 Å². The maximum absolute atomic E-state index is 6.31. The number of aromatic nitrogens is 3. The van der Waals surface area contributed by atoms with Crippen molar-refractivity contribution in [3.05, 3.63) is 23.7 Å². The molecule has 0 amide bonds. The first-order valence-corrected chi connectivity index (χ1v) is 10.1. The molecule has 2 aromatic heterocycles. The van der Waals surface area contributed by atoms with Crippen molar-refractivity contribution < 1.29 is 9.26 Å². The van der Waals surface area contributed by atoms with Crippen molar-refractivity contribution >= 4 is 0 Å². The van der Waals surface area contributed by atoms with E-state index in [0.717, 1.165) is 18.9 Å². The molecule has 6 heteroatoms. The molecule has 1 saturated carbocycles. The second kappa shape index (κ2) is 7.23. The normalized spacial score (nSPS) is 21.4. The van der Waals surface area contributed by atoms with Crippen LogP contribution < -0.4 is 4.74 Å². The predicted octanol–water partition coefficient (Wildman–Crippen LogP) is 4.17. The molecular formula is C21H30N4O2. The molecule has 1 atom stereocenters. The molecule has 0 bridgehead atoms. The maximum atomic E-state index is 6.31. The number of hydrogen-bond acceptors (Lipinski definition) is 6. The smallest absolute Gasteiger partial charge is 0.276 e. The molecule has 0 aromatic carbocycles. The van der Waals surface area contributed by atoms with Crippen LogP contribution in [0.2, 0.25) is 0 Å². The van der Waals surface area contributed by atoms with Crippen LogP contribution in [0.25, 0.3) is 11.6 Å². The van der Waals surface area contributed by atoms with Gasteiger partial charge in [-0.25, -0.2) is 0 Å². The first-order chi connectivity index (χ1) is 12.9. The summed E-state index contributed by atoms with van der Waals surface area (Å²) in [6.07, 6.45) is 8.14. The Morgan fingerprint density at radius 2 is 2.04 bits per heavy atom. The Morgan fingerprint density at radius 1 is 1.22 bits per heavy atom. The van der Waals surface area contributed by atoms with E-state index >= 15 is 0 Å². The van der Waals surface area contributed by atoms with Crippen LogP contribution in [0, 0.1) is 0 Å². The fourth-order valence-corrected chi connectivity index (χ4v) is 3.56. The van der Waals surface area contributed by atoms with Crippen LogP contribution in [-0.4, -0.2) is 46.3 Å². The quantitative estimate of drug-likeness (QED) is 0.787. The van der Waals surface area contributed by atoms with Gasteiger partial charge >= 0.3 is 0 Å². The minimum absolute atomic E-state index is 0.152. The van der Waals surface area contributed by atoms with E-state index in [2.05, 4.69) is 47.8 Å². The Hall–Kier alpha value is -1.95. The van der Waals surface area contributed by atoms with Crippen molar-refractivity contribution in [1.82, 2.24) is 20.0 Å². The fourth-order valence-electron chi connectivity index (χ4n) is 3.56. The fraction of sp³-hybridized carbons (Fsp3) is 0.667. The number of rotatable bonds is 5. The third-order valence-electron chi connectivity index (χ3n) is 5.58. The van der Waals surface area contributed by atoms with Crippen molar-refractivity contribution in [1.29, 1.82) is 0 Å². The highest BCUT2D eigenvalue weighted by molar-refractivity contribution is 5.53. The van der Waals surface area contributed by atoms with Gasteiger partial charge in [0.2, 0.25) is 0 Å². The van der Waals surface area contributed by atoms with Crippen LogP contribution in [0.1, 0.15) is 70.2 Å². The Balaban J connectivity index is 1.56. The highest BCUT2D eigenvalue weighted by Crippen LogP contribution is 2.44. The standard InChI is InChI=1S/C21H30N4O2/c1-21(2,3)20-23-19(27-24-20)17-11-18(16(12-22-17)14-8-9-14)26-13-15-7-5-6-10-25(15)4/h11-12,14-15H,5-10,13H2,1-4H3. The molecule has 1 aliphatic heterocycles. The molecule has 1 aliphatic carbocycles. The molecule has 2 aromatic rings. The van der Waals surface area contributed by atoms with Crippen LogP contribution in [0.5, 0.6) is 5.75 Å². The van der Waals surface area contributed by atoms with Gasteiger partial charge in [0, 0.05) is 29.3 Å². The number of hydrogen-bond donors (Lipinski definition) is 0. The molecule has 1 saturated heterocycles. The first kappa shape index (κ1) is 18.4. The zero-order chi connectivity index (χ0) is 19.0. The van der Waals surface area contributed by atoms with Crippen molar-refractivity contribution in [2.45, 2.75) is 70.3 Å². The van der Waals surface area contributed by atoms with Crippen LogP contribution in [-0.2, 0) is 5.41 Å². The van der Waals surface area contributed by atoms with E-state index in [0.29, 0.717) is 29.4 Å². The van der Waals surface area contributed by atoms with E-state index in [9.17, 15) is 0 Å². The number of ether oxygens (including phenoxy) is 1. The van der Waals surface area contributed by atoms with Gasteiger partial charge in [-0.2, -0.15) is 4.98 Å². The number of piperidine rings is 1. The predicted molar refractivity (Wildman–Crippen MR) is 104 cm³/mol. The van der Waals surface area contributed by atoms with Gasteiger partial charge in [-0.1, -0.05) is 32.3 Å². The lowest BCUT2D eigenvalue weighted by atomic mass is 9.96. The summed E-state index contributed by atoms with van der Waals surface area (Å²) in [6, 6.07) is 2.47. The Labute approximate surface area is 161 Å². The highest BCUT2D eigenvalue weighted by atomic mass is 16.5. The van der Waals surface area contributed by atoms with E-state index in [1.54, 1.807) is 0 Å². The average molecular weight is 370 g/mol. The van der Waals surface area contributed by atoms with E-state index in [1.807, 2.05) is 12.3 Å². The van der Waals surface area contributed by atoms with Crippen LogP contribution in [0.4, 0.5) is 0 Å². The summed E-state index contributed by atoms with van der Waals surface area (Å²) in [7, 11) is 2.19. The zero-order valence-electron chi connectivity index (χ0n) is 16.9. The monoisotopic (exact) mass is 370 g/mol. The van der Waals surface area contributed by atoms with Gasteiger partial charge in [0.1, 0.15) is 18.1 Å². The molecule has 0 radical (unpaired) electrons. The molecule has 2 fully saturated rings. The molecule has 6 nitrogen and oxygen atoms in total. The second-order valence-corrected chi connectivity index (χ2v) is 9.00. The van der Waals surface area contributed by atoms with Crippen molar-refractivity contribution in [2.24, 2.45) is 0 Å². The molecule has 1 unspecified atom stereocenters. The van der Waals surface area contributed by atoms with Crippen molar-refractivity contribution in [3.63, 3.8) is 0 Å². The summed E-state index contributed by atoms with van der Waals surface area (Å²) in [5.74, 6) is 2.66. The largest absolute Gasteiger partial charge is 0.492 e. The summed E-state index contributed by atoms with van der Waals surface area (Å²) in [5.41, 5.74) is 1.75. The summed E-state index contributed by atoms with van der Waals surface area (Å²) < 4.78 is 11.8. The molecule has 0 N–H and O–H groups in total. The SMILES string of the molecule is CN1CCCCC1COc1cc(-c2nc(C(C)(C)C)no2)ncc1C1CC1. The third-order valence-corrected chi connectivity index (χ3v) is 5.58. The van der Waals surface area contributed by atoms with Crippen LogP contribution in [0.15, 0.2) is 16.8 Å². The van der Waals surface area contributed by atoms with Gasteiger partial charge in [0.05, 0.1) is 0 Å². The maximum Gasteiger partial charge on any atom is 0.276 e. The van der Waals surface area contributed by atoms with Gasteiger partial charge < -0.3 is 14.2 Å². The first-order valence-electron chi connectivity index (χ1n) is 10.1. The van der Waals surface area contributed by atoms with E-state index in [1.165, 1.54) is 37.7 Å². The zero-order valence-corrected chi connectivity index (χ0v) is 16.9. The van der Waals surface area contributed by atoms with Crippen molar-refractivity contribution in [3.8, 4) is 17.3 Å². The molecular weight excluding hydrogens is 340 g/mol. The summed E-state index contributed by atoms with van der Waals surface area (Å²) in [6.45, 7) is 8.08. The molecule has 4 rings (SSSR count). The Morgan fingerprint density at radius 3 is 2.70 bits per heavy atom. The number of pyridine rings is 1. The lowest BCUT2D eigenvalue weighted by Crippen LogP contribution is -2.40. The lowest BCUT2D eigenvalue weighted by molar-refractivity contribution is 0.124. The second-order valence-electron chi connectivity index (χ2n) is 9.00. The van der Waals surface area contributed by atoms with Crippen LogP contribution in [0.3, 0.4) is 0 Å².